The lowest BCUT2D eigenvalue weighted by atomic mass is 10.0. The molecule has 0 aromatic heterocycles. The van der Waals surface area contributed by atoms with Crippen LogP contribution >= 0.6 is 0 Å². The maximum Gasteiger partial charge on any atom is 0.573 e. The van der Waals surface area contributed by atoms with Crippen LogP contribution in [0.5, 0.6) is 5.75 Å². The average Bonchev–Trinajstić information content (AvgIpc) is 2.34. The summed E-state index contributed by atoms with van der Waals surface area (Å²) in [4.78, 5) is 11.4. The van der Waals surface area contributed by atoms with Gasteiger partial charge >= 0.3 is 12.3 Å². The second kappa shape index (κ2) is 5.58. The lowest BCUT2D eigenvalue weighted by Crippen LogP contribution is -2.18. The molecule has 0 heterocycles. The zero-order valence-corrected chi connectivity index (χ0v) is 9.61. The van der Waals surface area contributed by atoms with E-state index in [1.165, 1.54) is 0 Å². The van der Waals surface area contributed by atoms with E-state index in [2.05, 4.69) is 9.47 Å². The Morgan fingerprint density at radius 2 is 2.11 bits per heavy atom. The Labute approximate surface area is 105 Å². The van der Waals surface area contributed by atoms with E-state index in [1.54, 1.807) is 6.07 Å². The minimum atomic E-state index is -4.94. The number of ether oxygens (including phenoxy) is 2. The fourth-order valence-corrected chi connectivity index (χ4v) is 1.42. The van der Waals surface area contributed by atoms with E-state index in [-0.39, 0.29) is 16.7 Å². The van der Waals surface area contributed by atoms with Gasteiger partial charge in [0.05, 0.1) is 24.8 Å². The van der Waals surface area contributed by atoms with Crippen molar-refractivity contribution in [1.82, 2.24) is 0 Å². The van der Waals surface area contributed by atoms with Gasteiger partial charge < -0.3 is 14.6 Å². The number of halogens is 3. The summed E-state index contributed by atoms with van der Waals surface area (Å²) in [6, 6.07) is 3.12. The van der Waals surface area contributed by atoms with E-state index in [1.807, 2.05) is 0 Å². The molecule has 0 saturated carbocycles. The molecule has 0 radical (unpaired) electrons. The Morgan fingerprint density at radius 1 is 1.47 bits per heavy atom. The van der Waals surface area contributed by atoms with Crippen LogP contribution in [0.2, 0.25) is 0 Å². The molecule has 1 rings (SSSR count). The minimum Gasteiger partial charge on any atom is -0.465 e. The van der Waals surface area contributed by atoms with Crippen LogP contribution in [-0.4, -0.2) is 24.5 Å². The Kier molecular flexibility index (Phi) is 4.34. The van der Waals surface area contributed by atoms with Crippen LogP contribution in [-0.2, 0) is 11.3 Å². The topological polar surface area (TPSA) is 79.6 Å². The Morgan fingerprint density at radius 3 is 2.53 bits per heavy atom. The largest absolute Gasteiger partial charge is 0.573 e. The van der Waals surface area contributed by atoms with Gasteiger partial charge in [0.1, 0.15) is 11.8 Å². The molecule has 0 saturated heterocycles. The molecule has 1 aromatic rings. The molecule has 102 valence electrons. The van der Waals surface area contributed by atoms with Gasteiger partial charge in [-0.2, -0.15) is 5.26 Å². The number of alkyl halides is 3. The molecule has 0 aliphatic heterocycles. The standard InChI is InChI=1S/C11H8F3NO4/c1-18-10(17)9-6(4-15)2-8(3-7(9)5-16)19-11(12,13)14/h2-3,16H,5H2,1H3. The first kappa shape index (κ1) is 14.8. The van der Waals surface area contributed by atoms with Gasteiger partial charge in [0.15, 0.2) is 0 Å². The summed E-state index contributed by atoms with van der Waals surface area (Å²) in [7, 11) is 1.05. The lowest BCUT2D eigenvalue weighted by molar-refractivity contribution is -0.274. The van der Waals surface area contributed by atoms with E-state index in [9.17, 15) is 18.0 Å². The van der Waals surface area contributed by atoms with E-state index >= 15 is 0 Å². The number of rotatable bonds is 3. The van der Waals surface area contributed by atoms with Crippen molar-refractivity contribution in [2.24, 2.45) is 0 Å². The number of aliphatic hydroxyl groups is 1. The maximum atomic E-state index is 12.1. The highest BCUT2D eigenvalue weighted by atomic mass is 19.4. The SMILES string of the molecule is COC(=O)c1c(C#N)cc(OC(F)(F)F)cc1CO. The summed E-state index contributed by atoms with van der Waals surface area (Å²) in [6.45, 7) is -0.742. The molecule has 1 N–H and O–H groups in total. The third-order valence-corrected chi connectivity index (χ3v) is 2.11. The Balaban J connectivity index is 3.37. The van der Waals surface area contributed by atoms with Gasteiger partial charge in [-0.15, -0.1) is 13.2 Å². The fourth-order valence-electron chi connectivity index (χ4n) is 1.42. The van der Waals surface area contributed by atoms with Crippen molar-refractivity contribution in [2.45, 2.75) is 13.0 Å². The predicted molar refractivity (Wildman–Crippen MR) is 55.1 cm³/mol. The van der Waals surface area contributed by atoms with Crippen LogP contribution in [0.4, 0.5) is 13.2 Å². The van der Waals surface area contributed by atoms with Crippen LogP contribution in [0.15, 0.2) is 12.1 Å². The third kappa shape index (κ3) is 3.59. The summed E-state index contributed by atoms with van der Waals surface area (Å²) in [6.07, 6.45) is -4.94. The maximum absolute atomic E-state index is 12.1. The van der Waals surface area contributed by atoms with Crippen LogP contribution in [0.3, 0.4) is 0 Å². The molecule has 8 heteroatoms. The lowest BCUT2D eigenvalue weighted by Gasteiger charge is -2.13. The smallest absolute Gasteiger partial charge is 0.465 e. The highest BCUT2D eigenvalue weighted by molar-refractivity contribution is 5.94. The normalized spacial score (nSPS) is 10.7. The van der Waals surface area contributed by atoms with Gasteiger partial charge in [-0.25, -0.2) is 4.79 Å². The van der Waals surface area contributed by atoms with Gasteiger partial charge in [0.25, 0.3) is 0 Å². The van der Waals surface area contributed by atoms with Crippen LogP contribution < -0.4 is 4.74 Å². The number of benzene rings is 1. The monoisotopic (exact) mass is 275 g/mol. The summed E-state index contributed by atoms with van der Waals surface area (Å²) in [5.41, 5.74) is -0.857. The third-order valence-electron chi connectivity index (χ3n) is 2.11. The number of hydrogen-bond donors (Lipinski definition) is 1. The van der Waals surface area contributed by atoms with E-state index < -0.39 is 24.7 Å². The van der Waals surface area contributed by atoms with Gasteiger partial charge in [-0.05, 0) is 17.7 Å². The first-order chi connectivity index (χ1) is 8.82. The van der Waals surface area contributed by atoms with Gasteiger partial charge in [-0.1, -0.05) is 0 Å². The summed E-state index contributed by atoms with van der Waals surface area (Å²) in [5, 5.41) is 17.9. The zero-order chi connectivity index (χ0) is 14.6. The van der Waals surface area contributed by atoms with Crippen LogP contribution in [0, 0.1) is 11.3 Å². The molecule has 0 aliphatic rings. The summed E-state index contributed by atoms with van der Waals surface area (Å²) < 4.78 is 44.3. The number of nitriles is 1. The second-order valence-corrected chi connectivity index (χ2v) is 3.31. The van der Waals surface area contributed by atoms with Crippen molar-refractivity contribution in [3.8, 4) is 11.8 Å². The van der Waals surface area contributed by atoms with Crippen molar-refractivity contribution in [3.05, 3.63) is 28.8 Å². The van der Waals surface area contributed by atoms with E-state index in [0.29, 0.717) is 0 Å². The van der Waals surface area contributed by atoms with Crippen molar-refractivity contribution >= 4 is 5.97 Å². The number of aliphatic hydroxyl groups excluding tert-OH is 1. The molecule has 0 amide bonds. The van der Waals surface area contributed by atoms with Crippen LogP contribution in [0.25, 0.3) is 0 Å². The molecule has 1 aromatic carbocycles. The summed E-state index contributed by atoms with van der Waals surface area (Å²) >= 11 is 0. The number of carbonyl (C=O) groups excluding carboxylic acids is 1. The van der Waals surface area contributed by atoms with E-state index in [4.69, 9.17) is 10.4 Å². The molecular weight excluding hydrogens is 267 g/mol. The van der Waals surface area contributed by atoms with Gasteiger partial charge in [0, 0.05) is 0 Å². The Bertz CT molecular complexity index is 534. The molecule has 19 heavy (non-hydrogen) atoms. The Hall–Kier alpha value is -2.27. The first-order valence-corrected chi connectivity index (χ1v) is 4.84. The van der Waals surface area contributed by atoms with Gasteiger partial charge in [0.2, 0.25) is 0 Å². The zero-order valence-electron chi connectivity index (χ0n) is 9.61. The number of methoxy groups -OCH3 is 1. The minimum absolute atomic E-state index is 0.190. The average molecular weight is 275 g/mol. The molecule has 0 aliphatic carbocycles. The number of hydrogen-bond acceptors (Lipinski definition) is 5. The number of nitrogens with zero attached hydrogens (tertiary/aromatic N) is 1. The molecule has 0 bridgehead atoms. The highest BCUT2D eigenvalue weighted by Gasteiger charge is 2.32. The number of carbonyl (C=O) groups is 1. The van der Waals surface area contributed by atoms with Crippen molar-refractivity contribution in [3.63, 3.8) is 0 Å². The predicted octanol–water partition coefficient (Wildman–Crippen LogP) is 1.74. The molecule has 0 spiro atoms. The fraction of sp³-hybridized carbons (Fsp3) is 0.273. The molecule has 0 unspecified atom stereocenters. The highest BCUT2D eigenvalue weighted by Crippen LogP contribution is 2.28. The quantitative estimate of drug-likeness (QED) is 0.850. The van der Waals surface area contributed by atoms with Gasteiger partial charge in [-0.3, -0.25) is 0 Å². The van der Waals surface area contributed by atoms with Crippen molar-refractivity contribution in [1.29, 1.82) is 5.26 Å². The van der Waals surface area contributed by atoms with Crippen molar-refractivity contribution in [2.75, 3.05) is 7.11 Å². The number of esters is 1. The molecule has 5 nitrogen and oxygen atoms in total. The van der Waals surface area contributed by atoms with E-state index in [0.717, 1.165) is 19.2 Å². The summed E-state index contributed by atoms with van der Waals surface area (Å²) in [5.74, 6) is -1.63. The second-order valence-electron chi connectivity index (χ2n) is 3.31. The van der Waals surface area contributed by atoms with Crippen molar-refractivity contribution < 1.29 is 32.5 Å². The molecule has 0 atom stereocenters. The molecular formula is C11H8F3NO4. The van der Waals surface area contributed by atoms with Crippen LogP contribution in [0.1, 0.15) is 21.5 Å². The first-order valence-electron chi connectivity index (χ1n) is 4.84. The molecule has 0 fully saturated rings.